The average molecular weight is 338 g/mol. The Balaban J connectivity index is 1.65. The molecule has 3 aliphatic rings. The van der Waals surface area contributed by atoms with Crippen molar-refractivity contribution >= 4 is 5.97 Å². The van der Waals surface area contributed by atoms with Crippen molar-refractivity contribution in [3.63, 3.8) is 0 Å². The van der Waals surface area contributed by atoms with Gasteiger partial charge in [-0.1, -0.05) is 6.07 Å². The fourth-order valence-electron chi connectivity index (χ4n) is 4.38. The first-order chi connectivity index (χ1) is 12.2. The van der Waals surface area contributed by atoms with E-state index in [1.807, 2.05) is 23.7 Å². The van der Waals surface area contributed by atoms with E-state index in [1.54, 1.807) is 6.20 Å². The van der Waals surface area contributed by atoms with Crippen LogP contribution < -0.4 is 0 Å². The van der Waals surface area contributed by atoms with Gasteiger partial charge >= 0.3 is 5.97 Å². The van der Waals surface area contributed by atoms with Crippen molar-refractivity contribution in [2.75, 3.05) is 0 Å². The Hall–Kier alpha value is -2.24. The number of rotatable bonds is 3. The van der Waals surface area contributed by atoms with Crippen molar-refractivity contribution in [1.82, 2.24) is 19.7 Å². The van der Waals surface area contributed by atoms with Crippen molar-refractivity contribution in [3.8, 4) is 5.82 Å². The fourth-order valence-corrected chi connectivity index (χ4v) is 4.38. The molecule has 0 N–H and O–H groups in total. The molecule has 1 spiro atoms. The van der Waals surface area contributed by atoms with Crippen LogP contribution in [-0.2, 0) is 9.53 Å². The van der Waals surface area contributed by atoms with E-state index in [2.05, 4.69) is 4.98 Å². The molecule has 2 aliphatic carbocycles. The zero-order valence-corrected chi connectivity index (χ0v) is 14.4. The normalized spacial score (nSPS) is 24.8. The lowest BCUT2D eigenvalue weighted by molar-refractivity contribution is -0.148. The Morgan fingerprint density at radius 3 is 2.80 bits per heavy atom. The summed E-state index contributed by atoms with van der Waals surface area (Å²) in [6.45, 7) is 2.03. The number of pyridine rings is 1. The van der Waals surface area contributed by atoms with Crippen molar-refractivity contribution in [2.45, 2.75) is 69.3 Å². The Labute approximate surface area is 146 Å². The molecule has 25 heavy (non-hydrogen) atoms. The SMILES string of the molecule is Cc1cccnc1-n1nc(C2CC2)nc1[C@H]1CC(=O)OC12CCCC2. The molecule has 3 fully saturated rings. The molecule has 5 rings (SSSR count). The van der Waals surface area contributed by atoms with E-state index in [0.29, 0.717) is 12.3 Å². The number of aryl methyl sites for hydroxylation is 1. The van der Waals surface area contributed by atoms with Gasteiger partial charge in [-0.2, -0.15) is 4.68 Å². The first kappa shape index (κ1) is 15.0. The zero-order chi connectivity index (χ0) is 17.0. The molecule has 2 aromatic rings. The van der Waals surface area contributed by atoms with Crippen LogP contribution in [0.15, 0.2) is 18.3 Å². The summed E-state index contributed by atoms with van der Waals surface area (Å²) >= 11 is 0. The third kappa shape index (κ3) is 2.38. The number of nitrogens with zero attached hydrogens (tertiary/aromatic N) is 4. The maximum Gasteiger partial charge on any atom is 0.307 e. The van der Waals surface area contributed by atoms with Crippen LogP contribution in [0.1, 0.15) is 74.0 Å². The van der Waals surface area contributed by atoms with Gasteiger partial charge in [0.05, 0.1) is 12.3 Å². The number of esters is 1. The first-order valence-corrected chi connectivity index (χ1v) is 9.27. The molecule has 3 heterocycles. The summed E-state index contributed by atoms with van der Waals surface area (Å²) in [4.78, 5) is 21.6. The monoisotopic (exact) mass is 338 g/mol. The highest BCUT2D eigenvalue weighted by Crippen LogP contribution is 2.50. The van der Waals surface area contributed by atoms with Crippen LogP contribution in [0.2, 0.25) is 0 Å². The minimum atomic E-state index is -0.384. The second-order valence-electron chi connectivity index (χ2n) is 7.66. The topological polar surface area (TPSA) is 69.9 Å². The molecule has 6 heteroatoms. The van der Waals surface area contributed by atoms with Gasteiger partial charge in [0.25, 0.3) is 0 Å². The Kier molecular flexibility index (Phi) is 3.24. The van der Waals surface area contributed by atoms with E-state index < -0.39 is 0 Å². The lowest BCUT2D eigenvalue weighted by Crippen LogP contribution is -2.32. The van der Waals surface area contributed by atoms with Gasteiger partial charge < -0.3 is 4.74 Å². The summed E-state index contributed by atoms with van der Waals surface area (Å²) < 4.78 is 7.73. The molecule has 1 aliphatic heterocycles. The van der Waals surface area contributed by atoms with E-state index in [9.17, 15) is 4.79 Å². The lowest BCUT2D eigenvalue weighted by Gasteiger charge is -2.28. The van der Waals surface area contributed by atoms with Gasteiger partial charge in [0.1, 0.15) is 11.4 Å². The third-order valence-corrected chi connectivity index (χ3v) is 5.86. The molecule has 0 bridgehead atoms. The summed E-state index contributed by atoms with van der Waals surface area (Å²) in [6.07, 6.45) is 8.55. The smallest absolute Gasteiger partial charge is 0.307 e. The maximum atomic E-state index is 12.2. The number of carbonyl (C=O) groups is 1. The van der Waals surface area contributed by atoms with E-state index in [4.69, 9.17) is 14.8 Å². The van der Waals surface area contributed by atoms with E-state index >= 15 is 0 Å². The molecule has 0 amide bonds. The summed E-state index contributed by atoms with van der Waals surface area (Å²) in [5.74, 6) is 2.89. The van der Waals surface area contributed by atoms with Gasteiger partial charge in [-0.15, -0.1) is 5.10 Å². The zero-order valence-electron chi connectivity index (χ0n) is 14.4. The number of aromatic nitrogens is 4. The lowest BCUT2D eigenvalue weighted by atomic mass is 9.85. The van der Waals surface area contributed by atoms with Gasteiger partial charge in [0.15, 0.2) is 11.6 Å². The van der Waals surface area contributed by atoms with Crippen LogP contribution in [0.25, 0.3) is 5.82 Å². The molecule has 2 aromatic heterocycles. The summed E-state index contributed by atoms with van der Waals surface area (Å²) in [5, 5.41) is 4.80. The van der Waals surface area contributed by atoms with Crippen molar-refractivity contribution in [3.05, 3.63) is 35.5 Å². The molecule has 0 radical (unpaired) electrons. The molecule has 2 saturated carbocycles. The number of ether oxygens (including phenoxy) is 1. The maximum absolute atomic E-state index is 12.2. The first-order valence-electron chi connectivity index (χ1n) is 9.27. The van der Waals surface area contributed by atoms with Crippen LogP contribution in [0.5, 0.6) is 0 Å². The molecule has 130 valence electrons. The molecule has 1 atom stereocenters. The summed E-state index contributed by atoms with van der Waals surface area (Å²) in [5.41, 5.74) is 0.674. The fraction of sp³-hybridized carbons (Fsp3) is 0.579. The van der Waals surface area contributed by atoms with E-state index in [1.165, 1.54) is 0 Å². The van der Waals surface area contributed by atoms with Crippen LogP contribution in [0.3, 0.4) is 0 Å². The van der Waals surface area contributed by atoms with Crippen molar-refractivity contribution < 1.29 is 9.53 Å². The van der Waals surface area contributed by atoms with Crippen LogP contribution in [0.4, 0.5) is 0 Å². The highest BCUT2D eigenvalue weighted by Gasteiger charge is 2.53. The predicted molar refractivity (Wildman–Crippen MR) is 90.5 cm³/mol. The highest BCUT2D eigenvalue weighted by atomic mass is 16.6. The molecular formula is C19H22N4O2. The van der Waals surface area contributed by atoms with Crippen LogP contribution in [0, 0.1) is 6.92 Å². The molecule has 6 nitrogen and oxygen atoms in total. The van der Waals surface area contributed by atoms with E-state index in [0.717, 1.165) is 61.6 Å². The Bertz CT molecular complexity index is 834. The van der Waals surface area contributed by atoms with Crippen LogP contribution in [-0.4, -0.2) is 31.3 Å². The quantitative estimate of drug-likeness (QED) is 0.804. The van der Waals surface area contributed by atoms with Crippen LogP contribution >= 0.6 is 0 Å². The predicted octanol–water partition coefficient (Wildman–Crippen LogP) is 3.19. The second kappa shape index (κ2) is 5.38. The van der Waals surface area contributed by atoms with Crippen molar-refractivity contribution in [1.29, 1.82) is 0 Å². The van der Waals surface area contributed by atoms with Gasteiger partial charge in [0.2, 0.25) is 0 Å². The Morgan fingerprint density at radius 1 is 1.28 bits per heavy atom. The van der Waals surface area contributed by atoms with Gasteiger partial charge in [-0.3, -0.25) is 4.79 Å². The largest absolute Gasteiger partial charge is 0.458 e. The number of hydrogen-bond donors (Lipinski definition) is 0. The highest BCUT2D eigenvalue weighted by molar-refractivity contribution is 5.74. The second-order valence-corrected chi connectivity index (χ2v) is 7.66. The minimum absolute atomic E-state index is 0.0242. The molecule has 0 aromatic carbocycles. The molecular weight excluding hydrogens is 316 g/mol. The molecule has 0 unspecified atom stereocenters. The van der Waals surface area contributed by atoms with Gasteiger partial charge in [0, 0.05) is 12.1 Å². The van der Waals surface area contributed by atoms with E-state index in [-0.39, 0.29) is 17.5 Å². The summed E-state index contributed by atoms with van der Waals surface area (Å²) in [6, 6.07) is 3.96. The number of carbonyl (C=O) groups excluding carboxylic acids is 1. The third-order valence-electron chi connectivity index (χ3n) is 5.86. The van der Waals surface area contributed by atoms with Crippen molar-refractivity contribution in [2.24, 2.45) is 0 Å². The Morgan fingerprint density at radius 2 is 2.08 bits per heavy atom. The molecule has 1 saturated heterocycles. The summed E-state index contributed by atoms with van der Waals surface area (Å²) in [7, 11) is 0. The minimum Gasteiger partial charge on any atom is -0.458 e. The average Bonchev–Trinajstić information content (AvgIpc) is 3.06. The van der Waals surface area contributed by atoms with Gasteiger partial charge in [-0.05, 0) is 57.1 Å². The van der Waals surface area contributed by atoms with Gasteiger partial charge in [-0.25, -0.2) is 9.97 Å². The number of hydrogen-bond acceptors (Lipinski definition) is 5. The standard InChI is InChI=1S/C19H22N4O2/c1-12-5-4-10-20-17(12)23-18(21-16(22-23)13-6-7-13)14-11-15(24)25-19(14)8-2-3-9-19/h4-5,10,13-14H,2-3,6-9,11H2,1H3/t14-/m1/s1.